The van der Waals surface area contributed by atoms with E-state index in [1.165, 1.54) is 19.4 Å². The van der Waals surface area contributed by atoms with Gasteiger partial charge in [0.2, 0.25) is 10.9 Å². The summed E-state index contributed by atoms with van der Waals surface area (Å²) in [6.07, 6.45) is 2.96. The minimum absolute atomic E-state index is 0.0595. The number of nitrogens with zero attached hydrogens (tertiary/aromatic N) is 3. The average molecular weight is 472 g/mol. The number of benzene rings is 2. The van der Waals surface area contributed by atoms with E-state index >= 15 is 0 Å². The highest BCUT2D eigenvalue weighted by Crippen LogP contribution is 2.31. The standard InChI is InChI=1S/C24H16N4O5S/c1-31-20-13-15(9-10-18(20)33-23(30)19-8-5-11-32-19)12-17(14-25)22-27-28-24(34-22)26-21(29)16-6-3-2-4-7-16/h2-13H,1H3,(H,26,28,29)/b17-12-. The summed E-state index contributed by atoms with van der Waals surface area (Å²) in [6.45, 7) is 0. The van der Waals surface area contributed by atoms with Gasteiger partial charge in [-0.25, -0.2) is 4.79 Å². The third-order valence-electron chi connectivity index (χ3n) is 4.46. The summed E-state index contributed by atoms with van der Waals surface area (Å²) in [5.74, 6) is -0.442. The van der Waals surface area contributed by atoms with Crippen molar-refractivity contribution in [3.05, 3.63) is 88.8 Å². The van der Waals surface area contributed by atoms with Gasteiger partial charge in [-0.05, 0) is 48.0 Å². The van der Waals surface area contributed by atoms with E-state index in [1.807, 2.05) is 6.07 Å². The Morgan fingerprint density at radius 3 is 2.62 bits per heavy atom. The molecule has 10 heteroatoms. The van der Waals surface area contributed by atoms with Crippen LogP contribution in [0.3, 0.4) is 0 Å². The maximum absolute atomic E-state index is 12.3. The number of methoxy groups -OCH3 is 1. The van der Waals surface area contributed by atoms with Crippen LogP contribution in [-0.4, -0.2) is 29.2 Å². The molecule has 2 heterocycles. The first-order valence-corrected chi connectivity index (χ1v) is 10.6. The summed E-state index contributed by atoms with van der Waals surface area (Å²) in [5.41, 5.74) is 1.33. The van der Waals surface area contributed by atoms with Gasteiger partial charge in [0.1, 0.15) is 6.07 Å². The molecule has 168 valence electrons. The number of hydrogen-bond acceptors (Lipinski definition) is 9. The summed E-state index contributed by atoms with van der Waals surface area (Å²) >= 11 is 1.07. The fourth-order valence-electron chi connectivity index (χ4n) is 2.85. The number of aromatic nitrogens is 2. The first-order chi connectivity index (χ1) is 16.6. The minimum atomic E-state index is -0.664. The highest BCUT2D eigenvalue weighted by Gasteiger charge is 2.16. The van der Waals surface area contributed by atoms with E-state index in [1.54, 1.807) is 54.6 Å². The van der Waals surface area contributed by atoms with E-state index in [-0.39, 0.29) is 28.1 Å². The SMILES string of the molecule is COc1cc(/C=C(/C#N)c2nnc(NC(=O)c3ccccc3)s2)ccc1OC(=O)c1ccco1. The number of esters is 1. The molecule has 0 radical (unpaired) electrons. The van der Waals surface area contributed by atoms with Crippen LogP contribution in [0.25, 0.3) is 11.6 Å². The van der Waals surface area contributed by atoms with Crippen LogP contribution in [0.5, 0.6) is 11.5 Å². The van der Waals surface area contributed by atoms with E-state index in [0.29, 0.717) is 21.9 Å². The van der Waals surface area contributed by atoms with Crippen LogP contribution in [0.2, 0.25) is 0 Å². The summed E-state index contributed by atoms with van der Waals surface area (Å²) in [5, 5.41) is 20.9. The van der Waals surface area contributed by atoms with Crippen molar-refractivity contribution in [3.63, 3.8) is 0 Å². The van der Waals surface area contributed by atoms with Gasteiger partial charge in [-0.1, -0.05) is 35.6 Å². The first kappa shape index (κ1) is 22.4. The zero-order valence-electron chi connectivity index (χ0n) is 17.7. The number of hydrogen-bond donors (Lipinski definition) is 1. The van der Waals surface area contributed by atoms with E-state index in [2.05, 4.69) is 21.6 Å². The molecule has 0 aliphatic heterocycles. The molecular formula is C24H16N4O5S. The molecule has 0 unspecified atom stereocenters. The van der Waals surface area contributed by atoms with Crippen molar-refractivity contribution in [2.45, 2.75) is 0 Å². The smallest absolute Gasteiger partial charge is 0.379 e. The topological polar surface area (TPSA) is 127 Å². The Labute approximate surface area is 197 Å². The Morgan fingerprint density at radius 1 is 1.09 bits per heavy atom. The molecule has 1 N–H and O–H groups in total. The maximum atomic E-state index is 12.3. The second-order valence-electron chi connectivity index (χ2n) is 6.68. The van der Waals surface area contributed by atoms with Crippen molar-refractivity contribution in [2.75, 3.05) is 12.4 Å². The van der Waals surface area contributed by atoms with Crippen molar-refractivity contribution in [1.29, 1.82) is 5.26 Å². The number of ether oxygens (including phenoxy) is 2. The van der Waals surface area contributed by atoms with Gasteiger partial charge in [-0.15, -0.1) is 10.2 Å². The minimum Gasteiger partial charge on any atom is -0.493 e. The number of allylic oxidation sites excluding steroid dienone is 1. The van der Waals surface area contributed by atoms with Crippen LogP contribution in [-0.2, 0) is 0 Å². The van der Waals surface area contributed by atoms with Gasteiger partial charge in [0.25, 0.3) is 5.91 Å². The Kier molecular flexibility index (Phi) is 6.76. The largest absolute Gasteiger partial charge is 0.493 e. The van der Waals surface area contributed by atoms with E-state index in [9.17, 15) is 14.9 Å². The van der Waals surface area contributed by atoms with Crippen molar-refractivity contribution in [2.24, 2.45) is 0 Å². The van der Waals surface area contributed by atoms with Gasteiger partial charge in [0.05, 0.1) is 18.9 Å². The fraction of sp³-hybridized carbons (Fsp3) is 0.0417. The van der Waals surface area contributed by atoms with Crippen molar-refractivity contribution in [1.82, 2.24) is 10.2 Å². The number of anilines is 1. The van der Waals surface area contributed by atoms with E-state index in [0.717, 1.165) is 11.3 Å². The zero-order valence-corrected chi connectivity index (χ0v) is 18.5. The first-order valence-electron chi connectivity index (χ1n) is 9.83. The average Bonchev–Trinajstić information content (AvgIpc) is 3.56. The summed E-state index contributed by atoms with van der Waals surface area (Å²) in [7, 11) is 1.44. The lowest BCUT2D eigenvalue weighted by Gasteiger charge is -2.09. The van der Waals surface area contributed by atoms with Gasteiger partial charge in [0.15, 0.2) is 16.5 Å². The molecule has 1 amide bonds. The van der Waals surface area contributed by atoms with Gasteiger partial charge in [-0.2, -0.15) is 5.26 Å². The highest BCUT2D eigenvalue weighted by atomic mass is 32.1. The number of nitriles is 1. The Bertz CT molecular complexity index is 1390. The van der Waals surface area contributed by atoms with E-state index < -0.39 is 5.97 Å². The van der Waals surface area contributed by atoms with Crippen LogP contribution >= 0.6 is 11.3 Å². The molecule has 0 atom stereocenters. The molecule has 0 aliphatic rings. The monoisotopic (exact) mass is 472 g/mol. The number of furan rings is 1. The molecule has 2 aromatic carbocycles. The second kappa shape index (κ2) is 10.2. The molecule has 9 nitrogen and oxygen atoms in total. The highest BCUT2D eigenvalue weighted by molar-refractivity contribution is 7.16. The molecule has 0 aliphatic carbocycles. The lowest BCUT2D eigenvalue weighted by atomic mass is 10.1. The third-order valence-corrected chi connectivity index (χ3v) is 5.33. The van der Waals surface area contributed by atoms with Crippen LogP contribution < -0.4 is 14.8 Å². The molecule has 0 bridgehead atoms. The Balaban J connectivity index is 1.52. The van der Waals surface area contributed by atoms with Crippen molar-refractivity contribution >= 4 is 40.0 Å². The van der Waals surface area contributed by atoms with Gasteiger partial charge >= 0.3 is 5.97 Å². The zero-order chi connectivity index (χ0) is 23.9. The summed E-state index contributed by atoms with van der Waals surface area (Å²) in [4.78, 5) is 24.4. The van der Waals surface area contributed by atoms with Crippen LogP contribution in [0.4, 0.5) is 5.13 Å². The summed E-state index contributed by atoms with van der Waals surface area (Å²) < 4.78 is 15.7. The number of rotatable bonds is 7. The van der Waals surface area contributed by atoms with Crippen molar-refractivity contribution < 1.29 is 23.5 Å². The van der Waals surface area contributed by atoms with Crippen molar-refractivity contribution in [3.8, 4) is 17.6 Å². The molecule has 0 saturated carbocycles. The van der Waals surface area contributed by atoms with Crippen LogP contribution in [0.15, 0.2) is 71.3 Å². The molecular weight excluding hydrogens is 456 g/mol. The number of carbonyl (C=O) groups is 2. The molecule has 34 heavy (non-hydrogen) atoms. The molecule has 0 spiro atoms. The molecule has 2 aromatic heterocycles. The number of carbonyl (C=O) groups excluding carboxylic acids is 2. The number of nitrogens with one attached hydrogen (secondary N) is 1. The molecule has 4 rings (SSSR count). The van der Waals surface area contributed by atoms with Gasteiger partial charge in [-0.3, -0.25) is 10.1 Å². The summed E-state index contributed by atoms with van der Waals surface area (Å²) in [6, 6.07) is 18.7. The maximum Gasteiger partial charge on any atom is 0.379 e. The lowest BCUT2D eigenvalue weighted by molar-refractivity contribution is 0.0696. The molecule has 0 saturated heterocycles. The predicted octanol–water partition coefficient (Wildman–Crippen LogP) is 4.68. The normalized spacial score (nSPS) is 10.9. The van der Waals surface area contributed by atoms with Gasteiger partial charge < -0.3 is 13.9 Å². The van der Waals surface area contributed by atoms with E-state index in [4.69, 9.17) is 13.9 Å². The third kappa shape index (κ3) is 5.17. The Morgan fingerprint density at radius 2 is 1.91 bits per heavy atom. The molecule has 4 aromatic rings. The van der Waals surface area contributed by atoms with Crippen LogP contribution in [0, 0.1) is 11.3 Å². The van der Waals surface area contributed by atoms with Crippen LogP contribution in [0.1, 0.15) is 31.5 Å². The lowest BCUT2D eigenvalue weighted by Crippen LogP contribution is -2.11. The predicted molar refractivity (Wildman–Crippen MR) is 124 cm³/mol. The Hall–Kier alpha value is -4.75. The quantitative estimate of drug-likeness (QED) is 0.233. The fourth-order valence-corrected chi connectivity index (χ4v) is 3.56. The second-order valence-corrected chi connectivity index (χ2v) is 7.66. The number of amides is 1. The molecule has 0 fully saturated rings. The van der Waals surface area contributed by atoms with Gasteiger partial charge in [0, 0.05) is 5.56 Å².